The molecule has 2 aliphatic heterocycles. The van der Waals surface area contributed by atoms with Crippen LogP contribution in [0.2, 0.25) is 4.34 Å². The van der Waals surface area contributed by atoms with Gasteiger partial charge in [0, 0.05) is 18.2 Å². The number of nitrogens with two attached hydrogens (primary N) is 1. The highest BCUT2D eigenvalue weighted by atomic mass is 35.5. The van der Waals surface area contributed by atoms with Crippen LogP contribution < -0.4 is 26.4 Å². The topological polar surface area (TPSA) is 268 Å². The predicted octanol–water partition coefficient (Wildman–Crippen LogP) is -0.252. The molecule has 2 fully saturated rings. The fraction of sp³-hybridized carbons (Fsp3) is 0.417. The first-order valence-electron chi connectivity index (χ1n) is 13.1. The van der Waals surface area contributed by atoms with Gasteiger partial charge < -0.3 is 36.4 Å². The number of nitrogens with zero attached hydrogens (tertiary/aromatic N) is 3. The van der Waals surface area contributed by atoms with Gasteiger partial charge in [0.25, 0.3) is 17.9 Å². The minimum atomic E-state index is -5.04. The van der Waals surface area contributed by atoms with Crippen LogP contribution in [0.1, 0.15) is 31.5 Å². The number of oxime groups is 1. The summed E-state index contributed by atoms with van der Waals surface area (Å²) >= 11 is 6.94. The van der Waals surface area contributed by atoms with E-state index >= 15 is 0 Å². The summed E-state index contributed by atoms with van der Waals surface area (Å²) in [5, 5.41) is 30.5. The Labute approximate surface area is 265 Å². The third-order valence-corrected chi connectivity index (χ3v) is 8.08. The van der Waals surface area contributed by atoms with Crippen LogP contribution in [0, 0.1) is 5.41 Å². The summed E-state index contributed by atoms with van der Waals surface area (Å²) in [6.07, 6.45) is -0.840. The Hall–Kier alpha value is -4.08. The van der Waals surface area contributed by atoms with Gasteiger partial charge in [0.1, 0.15) is 34.3 Å². The lowest BCUT2D eigenvalue weighted by atomic mass is 9.84. The first-order valence-corrected chi connectivity index (χ1v) is 15.6. The Morgan fingerprint density at radius 1 is 1.33 bits per heavy atom. The molecule has 1 aromatic heterocycles. The molecule has 2 aromatic rings. The fourth-order valence-electron chi connectivity index (χ4n) is 4.29. The van der Waals surface area contributed by atoms with E-state index < -0.39 is 58.2 Å². The molecule has 0 radical (unpaired) electrons. The van der Waals surface area contributed by atoms with Crippen molar-refractivity contribution >= 4 is 67.8 Å². The van der Waals surface area contributed by atoms with Crippen LogP contribution in [0.4, 0.5) is 5.13 Å². The van der Waals surface area contributed by atoms with Gasteiger partial charge in [-0.1, -0.05) is 28.1 Å². The minimum Gasteiger partial charge on any atom is -0.489 e. The summed E-state index contributed by atoms with van der Waals surface area (Å²) < 4.78 is 40.8. The third-order valence-electron chi connectivity index (χ3n) is 6.66. The maximum absolute atomic E-state index is 13.3. The van der Waals surface area contributed by atoms with Crippen molar-refractivity contribution in [1.82, 2.24) is 26.0 Å². The first-order chi connectivity index (χ1) is 21.1. The van der Waals surface area contributed by atoms with Crippen LogP contribution in [0.15, 0.2) is 29.4 Å². The summed E-state index contributed by atoms with van der Waals surface area (Å²) in [7, 11) is -5.04. The van der Waals surface area contributed by atoms with Gasteiger partial charge in [0.15, 0.2) is 10.8 Å². The number of nitrogens with one attached hydrogen (secondary N) is 4. The maximum Gasteiger partial charge on any atom is 0.418 e. The third kappa shape index (κ3) is 8.15. The Bertz CT molecular complexity index is 1610. The zero-order valence-corrected chi connectivity index (χ0v) is 26.0. The van der Waals surface area contributed by atoms with Gasteiger partial charge in [-0.15, -0.1) is 4.28 Å². The van der Waals surface area contributed by atoms with E-state index in [4.69, 9.17) is 36.9 Å². The highest BCUT2D eigenvalue weighted by Gasteiger charge is 2.58. The lowest BCUT2D eigenvalue weighted by molar-refractivity contribution is -0.218. The van der Waals surface area contributed by atoms with Crippen molar-refractivity contribution in [3.8, 4) is 5.75 Å². The van der Waals surface area contributed by atoms with Gasteiger partial charge >= 0.3 is 16.4 Å². The molecule has 0 bridgehead atoms. The Balaban J connectivity index is 1.45. The molecule has 244 valence electrons. The van der Waals surface area contributed by atoms with Crippen LogP contribution in [-0.2, 0) is 33.9 Å². The number of β-lactam (4-membered cyclic amide) rings is 1. The number of nitrogen functional groups attached to an aromatic ring is 1. The molecule has 4 rings (SSSR count). The molecular formula is C24H29ClN8O10S2. The van der Waals surface area contributed by atoms with Crippen molar-refractivity contribution in [2.45, 2.75) is 44.0 Å². The predicted molar refractivity (Wildman–Crippen MR) is 159 cm³/mol. The molecule has 1 aromatic carbocycles. The van der Waals surface area contributed by atoms with E-state index in [1.54, 1.807) is 24.3 Å². The van der Waals surface area contributed by atoms with Crippen molar-refractivity contribution in [2.75, 3.05) is 25.4 Å². The van der Waals surface area contributed by atoms with E-state index in [1.165, 1.54) is 13.8 Å². The summed E-state index contributed by atoms with van der Waals surface area (Å²) in [6.45, 7) is 3.75. The monoisotopic (exact) mass is 688 g/mol. The highest BCUT2D eigenvalue weighted by Crippen LogP contribution is 2.33. The van der Waals surface area contributed by atoms with E-state index in [1.807, 2.05) is 0 Å². The van der Waals surface area contributed by atoms with Crippen LogP contribution in [0.5, 0.6) is 5.75 Å². The van der Waals surface area contributed by atoms with Gasteiger partial charge in [-0.3, -0.25) is 19.6 Å². The number of carboxylic acid groups (broad SMARTS) is 1. The lowest BCUT2D eigenvalue weighted by Gasteiger charge is -2.50. The summed E-state index contributed by atoms with van der Waals surface area (Å²) in [5.41, 5.74) is 3.89. The minimum absolute atomic E-state index is 0.0620. The number of amidine groups is 1. The van der Waals surface area contributed by atoms with Crippen molar-refractivity contribution < 1.29 is 46.3 Å². The number of carbonyl (C=O) groups excluding carboxylic acids is 2. The van der Waals surface area contributed by atoms with Crippen molar-refractivity contribution in [2.24, 2.45) is 5.16 Å². The molecule has 0 aliphatic carbocycles. The average Bonchev–Trinajstić information content (AvgIpc) is 3.60. The molecule has 2 saturated heterocycles. The summed E-state index contributed by atoms with van der Waals surface area (Å²) in [6, 6.07) is 5.13. The van der Waals surface area contributed by atoms with E-state index in [2.05, 4.69) is 30.4 Å². The second-order valence-electron chi connectivity index (χ2n) is 10.3. The quantitative estimate of drug-likeness (QED) is 0.0470. The second kappa shape index (κ2) is 13.5. The van der Waals surface area contributed by atoms with E-state index in [0.717, 1.165) is 30.8 Å². The molecule has 2 amide bonds. The zero-order valence-electron chi connectivity index (χ0n) is 23.6. The molecule has 21 heteroatoms. The van der Waals surface area contributed by atoms with Gasteiger partial charge in [-0.2, -0.15) is 13.5 Å². The number of hydroxylamine groups is 2. The average molecular weight is 689 g/mol. The van der Waals surface area contributed by atoms with Gasteiger partial charge in [-0.25, -0.2) is 9.78 Å². The standard InChI is InChI=1S/C24H29ClN8O10S2/c1-24(2)17(21(35)33(24)43-45(38,39)40)31-20(34)16(15-18(25)44-23(27)30-15)32-42-14(22(36)37)10-41-13-5-3-11(4-6-13)19(26)29-12-7-8-28-9-12/h3-6,12,14,17,28H,7-10H2,1-2H3,(H2,26,29)(H2,27,30)(H,31,34)(H,36,37)(H,38,39,40)/b32-16-/t12-,14+,17-/m1/s1. The number of aliphatic carboxylic acids is 1. The summed E-state index contributed by atoms with van der Waals surface area (Å²) in [4.78, 5) is 46.7. The molecule has 3 heterocycles. The number of carbonyl (C=O) groups is 3. The first kappa shape index (κ1) is 33.8. The van der Waals surface area contributed by atoms with Crippen molar-refractivity contribution in [3.05, 3.63) is 39.9 Å². The highest BCUT2D eigenvalue weighted by molar-refractivity contribution is 7.80. The molecule has 45 heavy (non-hydrogen) atoms. The summed E-state index contributed by atoms with van der Waals surface area (Å²) in [5.74, 6) is -3.13. The van der Waals surface area contributed by atoms with E-state index in [0.29, 0.717) is 10.6 Å². The number of ether oxygens (including phenoxy) is 1. The number of aromatic nitrogens is 1. The number of hydrogen-bond donors (Lipinski definition) is 7. The van der Waals surface area contributed by atoms with E-state index in [9.17, 15) is 27.9 Å². The van der Waals surface area contributed by atoms with E-state index in [-0.39, 0.29) is 32.8 Å². The molecule has 18 nitrogen and oxygen atoms in total. The number of carboxylic acids is 1. The Morgan fingerprint density at radius 2 is 2.02 bits per heavy atom. The van der Waals surface area contributed by atoms with Crippen LogP contribution in [0.25, 0.3) is 0 Å². The normalized spacial score (nSPS) is 20.2. The zero-order chi connectivity index (χ0) is 33.1. The molecule has 0 unspecified atom stereocenters. The smallest absolute Gasteiger partial charge is 0.418 e. The van der Waals surface area contributed by atoms with Gasteiger partial charge in [-0.05, 0) is 51.1 Å². The number of thiazole rings is 1. The van der Waals surface area contributed by atoms with Crippen molar-refractivity contribution in [1.29, 1.82) is 5.41 Å². The van der Waals surface area contributed by atoms with Crippen LogP contribution in [0.3, 0.4) is 0 Å². The Morgan fingerprint density at radius 3 is 2.56 bits per heavy atom. The Kier molecular flexibility index (Phi) is 10.1. The largest absolute Gasteiger partial charge is 0.489 e. The molecule has 2 aliphatic rings. The molecule has 8 N–H and O–H groups in total. The van der Waals surface area contributed by atoms with Crippen molar-refractivity contribution in [3.63, 3.8) is 0 Å². The molecule has 0 spiro atoms. The SMILES string of the molecule is CC1(C)[C@H](NC(=O)/C(=N\O[C@@H](COc2ccc(C(=N)N[C@@H]3CCNC3)cc2)C(=O)O)c2nc(N)sc2Cl)C(=O)N1OS(=O)(=O)O. The van der Waals surface area contributed by atoms with Crippen LogP contribution >= 0.6 is 22.9 Å². The van der Waals surface area contributed by atoms with Gasteiger partial charge in [0.2, 0.25) is 0 Å². The number of hydrogen-bond acceptors (Lipinski definition) is 14. The molecule has 3 atom stereocenters. The lowest BCUT2D eigenvalue weighted by Crippen LogP contribution is -2.76. The maximum atomic E-state index is 13.3. The number of halogens is 1. The number of rotatable bonds is 13. The second-order valence-corrected chi connectivity index (χ2v) is 12.9. The number of benzene rings is 1. The molecular weight excluding hydrogens is 660 g/mol. The number of anilines is 1. The molecule has 0 saturated carbocycles. The fourth-order valence-corrected chi connectivity index (χ4v) is 5.68. The van der Waals surface area contributed by atoms with Gasteiger partial charge in [0.05, 0.1) is 5.54 Å². The van der Waals surface area contributed by atoms with Crippen LogP contribution in [-0.4, -0.2) is 101 Å². The number of amides is 2.